The Morgan fingerprint density at radius 3 is 2.49 bits per heavy atom. The van der Waals surface area contributed by atoms with Gasteiger partial charge in [-0.3, -0.25) is 14.4 Å². The van der Waals surface area contributed by atoms with Crippen molar-refractivity contribution in [3.8, 4) is 5.75 Å². The molecule has 0 saturated heterocycles. The Hall–Kier alpha value is -2.65. The first kappa shape index (κ1) is 28.9. The smallest absolute Gasteiger partial charge is 0.257 e. The van der Waals surface area contributed by atoms with E-state index in [9.17, 15) is 14.4 Å². The summed E-state index contributed by atoms with van der Waals surface area (Å²) >= 11 is 0. The minimum Gasteiger partial charge on any atom is -0.491 e. The minimum atomic E-state index is -0.226. The zero-order chi connectivity index (χ0) is 27.1. The number of nitrogens with zero attached hydrogens (tertiary/aromatic N) is 3. The number of nitrogens with one attached hydrogen (secondary N) is 1. The molecule has 0 bridgehead atoms. The molecule has 1 saturated carbocycles. The van der Waals surface area contributed by atoms with E-state index in [1.54, 1.807) is 42.2 Å². The van der Waals surface area contributed by atoms with Gasteiger partial charge in [0, 0.05) is 50.8 Å². The molecule has 3 atom stereocenters. The van der Waals surface area contributed by atoms with Crippen LogP contribution in [0.2, 0.25) is 0 Å². The van der Waals surface area contributed by atoms with Crippen molar-refractivity contribution in [2.45, 2.75) is 58.1 Å². The predicted molar refractivity (Wildman–Crippen MR) is 144 cm³/mol. The van der Waals surface area contributed by atoms with Gasteiger partial charge in [0.05, 0.1) is 24.3 Å². The van der Waals surface area contributed by atoms with Gasteiger partial charge in [-0.15, -0.1) is 0 Å². The zero-order valence-corrected chi connectivity index (χ0v) is 23.3. The predicted octanol–water partition coefficient (Wildman–Crippen LogP) is 3.10. The van der Waals surface area contributed by atoms with Gasteiger partial charge in [-0.2, -0.15) is 0 Å². The number of rotatable bonds is 5. The number of methoxy groups -OCH3 is 1. The standard InChI is InChI=1S/C28H44N4O5/c1-19-15-32(27(34)21-10-8-7-9-11-21)20(2)18-37-24-14-22(29-26(33)17-30(3)4)12-13-23(24)28(35)31(5)16-25(19)36-6/h12-14,19-21,25H,7-11,15-18H2,1-6H3,(H,29,33)/t19-,20-,25-/m1/s1. The molecule has 37 heavy (non-hydrogen) atoms. The van der Waals surface area contributed by atoms with Crippen LogP contribution in [0.3, 0.4) is 0 Å². The first-order chi connectivity index (χ1) is 17.6. The van der Waals surface area contributed by atoms with Gasteiger partial charge in [-0.05, 0) is 46.0 Å². The third-order valence-corrected chi connectivity index (χ3v) is 7.43. The molecule has 2 aliphatic rings. The summed E-state index contributed by atoms with van der Waals surface area (Å²) in [5, 5.41) is 2.87. The monoisotopic (exact) mass is 516 g/mol. The lowest BCUT2D eigenvalue weighted by Crippen LogP contribution is -2.50. The molecular formula is C28H44N4O5. The average molecular weight is 517 g/mol. The normalized spacial score (nSPS) is 24.1. The molecule has 1 aliphatic carbocycles. The molecule has 0 radical (unpaired) electrons. The molecule has 1 aromatic carbocycles. The fourth-order valence-electron chi connectivity index (χ4n) is 5.23. The Bertz CT molecular complexity index is 947. The van der Waals surface area contributed by atoms with Gasteiger partial charge in [0.2, 0.25) is 11.8 Å². The number of benzene rings is 1. The SMILES string of the molecule is CO[C@@H]1CN(C)C(=O)c2ccc(NC(=O)CN(C)C)cc2OC[C@@H](C)N(C(=O)C2CCCCC2)C[C@H]1C. The van der Waals surface area contributed by atoms with Crippen LogP contribution < -0.4 is 10.1 Å². The van der Waals surface area contributed by atoms with E-state index in [0.29, 0.717) is 30.1 Å². The van der Waals surface area contributed by atoms with Crippen LogP contribution in [0, 0.1) is 11.8 Å². The lowest BCUT2D eigenvalue weighted by atomic mass is 9.87. The van der Waals surface area contributed by atoms with E-state index in [0.717, 1.165) is 25.7 Å². The number of carbonyl (C=O) groups is 3. The molecular weight excluding hydrogens is 472 g/mol. The Labute approximate surface area is 221 Å². The second-order valence-electron chi connectivity index (χ2n) is 10.9. The highest BCUT2D eigenvalue weighted by Crippen LogP contribution is 2.29. The summed E-state index contributed by atoms with van der Waals surface area (Å²) in [4.78, 5) is 44.7. The van der Waals surface area contributed by atoms with Crippen LogP contribution >= 0.6 is 0 Å². The first-order valence-corrected chi connectivity index (χ1v) is 13.4. The second kappa shape index (κ2) is 13.2. The minimum absolute atomic E-state index is 0.0309. The zero-order valence-electron chi connectivity index (χ0n) is 23.3. The van der Waals surface area contributed by atoms with Gasteiger partial charge >= 0.3 is 0 Å². The van der Waals surface area contributed by atoms with Crippen LogP contribution in [-0.2, 0) is 14.3 Å². The number of hydrogen-bond acceptors (Lipinski definition) is 6. The summed E-state index contributed by atoms with van der Waals surface area (Å²) in [7, 11) is 7.05. The van der Waals surface area contributed by atoms with E-state index in [2.05, 4.69) is 12.2 Å². The van der Waals surface area contributed by atoms with Crippen LogP contribution in [0.4, 0.5) is 5.69 Å². The van der Waals surface area contributed by atoms with Crippen molar-refractivity contribution in [1.29, 1.82) is 0 Å². The first-order valence-electron chi connectivity index (χ1n) is 13.4. The Kier molecular flexibility index (Phi) is 10.3. The van der Waals surface area contributed by atoms with E-state index in [-0.39, 0.29) is 54.9 Å². The van der Waals surface area contributed by atoms with Crippen LogP contribution in [-0.4, -0.2) is 99.1 Å². The van der Waals surface area contributed by atoms with E-state index in [1.165, 1.54) is 6.42 Å². The average Bonchev–Trinajstić information content (AvgIpc) is 2.87. The molecule has 1 heterocycles. The van der Waals surface area contributed by atoms with E-state index in [4.69, 9.17) is 9.47 Å². The highest BCUT2D eigenvalue weighted by molar-refractivity contribution is 5.98. The van der Waals surface area contributed by atoms with Crippen molar-refractivity contribution in [2.75, 3.05) is 59.8 Å². The number of carbonyl (C=O) groups excluding carboxylic acids is 3. The molecule has 1 fully saturated rings. The highest BCUT2D eigenvalue weighted by atomic mass is 16.5. The number of likely N-dealkylation sites (N-methyl/N-ethyl adjacent to an activating group) is 2. The summed E-state index contributed by atoms with van der Waals surface area (Å²) in [6.45, 7) is 5.47. The molecule has 1 aliphatic heterocycles. The molecule has 3 amide bonds. The van der Waals surface area contributed by atoms with Gasteiger partial charge in [0.1, 0.15) is 12.4 Å². The third kappa shape index (κ3) is 7.68. The summed E-state index contributed by atoms with van der Waals surface area (Å²) in [5.41, 5.74) is 0.966. The highest BCUT2D eigenvalue weighted by Gasteiger charge is 2.33. The molecule has 3 rings (SSSR count). The second-order valence-corrected chi connectivity index (χ2v) is 10.9. The van der Waals surface area contributed by atoms with Gasteiger partial charge in [0.15, 0.2) is 0 Å². The topological polar surface area (TPSA) is 91.4 Å². The van der Waals surface area contributed by atoms with Gasteiger partial charge in [-0.25, -0.2) is 0 Å². The maximum absolute atomic E-state index is 13.7. The fourth-order valence-corrected chi connectivity index (χ4v) is 5.23. The van der Waals surface area contributed by atoms with Crippen molar-refractivity contribution in [3.63, 3.8) is 0 Å². The Morgan fingerprint density at radius 2 is 1.84 bits per heavy atom. The number of hydrogen-bond donors (Lipinski definition) is 1. The van der Waals surface area contributed by atoms with Crippen molar-refractivity contribution in [2.24, 2.45) is 11.8 Å². The molecule has 9 heteroatoms. The maximum Gasteiger partial charge on any atom is 0.257 e. The lowest BCUT2D eigenvalue weighted by Gasteiger charge is -2.38. The van der Waals surface area contributed by atoms with Gasteiger partial charge in [-0.1, -0.05) is 26.2 Å². The molecule has 1 aromatic rings. The van der Waals surface area contributed by atoms with Crippen molar-refractivity contribution in [3.05, 3.63) is 23.8 Å². The summed E-state index contributed by atoms with van der Waals surface area (Å²) < 4.78 is 12.0. The number of fused-ring (bicyclic) bond motifs is 1. The number of amides is 3. The molecule has 9 nitrogen and oxygen atoms in total. The molecule has 1 N–H and O–H groups in total. The van der Waals surface area contributed by atoms with Crippen molar-refractivity contribution in [1.82, 2.24) is 14.7 Å². The summed E-state index contributed by atoms with van der Waals surface area (Å²) in [5.74, 6) is 0.313. The quantitative estimate of drug-likeness (QED) is 0.647. The van der Waals surface area contributed by atoms with Crippen molar-refractivity contribution < 1.29 is 23.9 Å². The van der Waals surface area contributed by atoms with Crippen molar-refractivity contribution >= 4 is 23.4 Å². The van der Waals surface area contributed by atoms with E-state index < -0.39 is 0 Å². The molecule has 0 aromatic heterocycles. The van der Waals surface area contributed by atoms with Crippen LogP contribution in [0.5, 0.6) is 5.75 Å². The Morgan fingerprint density at radius 1 is 1.14 bits per heavy atom. The molecule has 206 valence electrons. The van der Waals surface area contributed by atoms with E-state index in [1.807, 2.05) is 25.9 Å². The van der Waals surface area contributed by atoms with Crippen LogP contribution in [0.15, 0.2) is 18.2 Å². The Balaban J connectivity index is 1.92. The maximum atomic E-state index is 13.7. The summed E-state index contributed by atoms with van der Waals surface area (Å²) in [6, 6.07) is 4.90. The lowest BCUT2D eigenvalue weighted by molar-refractivity contribution is -0.141. The van der Waals surface area contributed by atoms with Crippen LogP contribution in [0.1, 0.15) is 56.3 Å². The van der Waals surface area contributed by atoms with E-state index >= 15 is 0 Å². The number of anilines is 1. The molecule has 0 unspecified atom stereocenters. The molecule has 0 spiro atoms. The summed E-state index contributed by atoms with van der Waals surface area (Å²) in [6.07, 6.45) is 5.01. The third-order valence-electron chi connectivity index (χ3n) is 7.43. The van der Waals surface area contributed by atoms with Gasteiger partial charge < -0.3 is 29.5 Å². The fraction of sp³-hybridized carbons (Fsp3) is 0.679. The number of ether oxygens (including phenoxy) is 2. The van der Waals surface area contributed by atoms with Crippen LogP contribution in [0.25, 0.3) is 0 Å². The largest absolute Gasteiger partial charge is 0.491 e. The van der Waals surface area contributed by atoms with Gasteiger partial charge in [0.25, 0.3) is 5.91 Å².